The molecular weight excluding hydrogens is 280 g/mol. The van der Waals surface area contributed by atoms with E-state index in [0.717, 1.165) is 17.9 Å². The van der Waals surface area contributed by atoms with E-state index in [1.165, 1.54) is 23.8 Å². The number of nitrogens with one attached hydrogen (secondary N) is 1. The molecule has 0 aromatic heterocycles. The maximum absolute atomic E-state index is 13.5. The Bertz CT molecular complexity index is 603. The molecule has 0 saturated heterocycles. The summed E-state index contributed by atoms with van der Waals surface area (Å²) < 4.78 is 27.0. The van der Waals surface area contributed by atoms with Crippen LogP contribution in [0.3, 0.4) is 0 Å². The van der Waals surface area contributed by atoms with Crippen molar-refractivity contribution in [2.24, 2.45) is 0 Å². The standard InChI is InChI=1S/C16H14ClF2N/c17-12-4-1-3-10(7-12)11-8-13(9-11)20-16-14(18)5-2-6-15(16)19/h1-7,11,13,20H,8-9H2. The predicted octanol–water partition coefficient (Wildman–Crippen LogP) is 4.98. The number of halogens is 3. The van der Waals surface area contributed by atoms with Crippen LogP contribution in [0.25, 0.3) is 0 Å². The van der Waals surface area contributed by atoms with Gasteiger partial charge in [0.2, 0.25) is 0 Å². The lowest BCUT2D eigenvalue weighted by Crippen LogP contribution is -2.34. The molecule has 20 heavy (non-hydrogen) atoms. The quantitative estimate of drug-likeness (QED) is 0.842. The van der Waals surface area contributed by atoms with Gasteiger partial charge in [0.15, 0.2) is 0 Å². The highest BCUT2D eigenvalue weighted by molar-refractivity contribution is 6.30. The predicted molar refractivity (Wildman–Crippen MR) is 77.2 cm³/mol. The molecule has 0 radical (unpaired) electrons. The van der Waals surface area contributed by atoms with E-state index >= 15 is 0 Å². The van der Waals surface area contributed by atoms with Crippen LogP contribution in [0.5, 0.6) is 0 Å². The van der Waals surface area contributed by atoms with Crippen molar-refractivity contribution < 1.29 is 8.78 Å². The Hall–Kier alpha value is -1.61. The van der Waals surface area contributed by atoms with E-state index in [-0.39, 0.29) is 11.7 Å². The molecule has 0 aliphatic heterocycles. The molecule has 1 aliphatic rings. The number of rotatable bonds is 3. The fourth-order valence-electron chi connectivity index (χ4n) is 2.61. The second-order valence-corrected chi connectivity index (χ2v) is 5.60. The summed E-state index contributed by atoms with van der Waals surface area (Å²) in [7, 11) is 0. The molecule has 1 aliphatic carbocycles. The minimum Gasteiger partial charge on any atom is -0.378 e. The molecule has 104 valence electrons. The van der Waals surface area contributed by atoms with Gasteiger partial charge in [-0.1, -0.05) is 29.8 Å². The maximum Gasteiger partial charge on any atom is 0.149 e. The van der Waals surface area contributed by atoms with Crippen LogP contribution >= 0.6 is 11.6 Å². The molecule has 1 fully saturated rings. The summed E-state index contributed by atoms with van der Waals surface area (Å²) in [5, 5.41) is 3.67. The number of anilines is 1. The normalized spacial score (nSPS) is 21.4. The van der Waals surface area contributed by atoms with E-state index in [0.29, 0.717) is 5.92 Å². The van der Waals surface area contributed by atoms with Crippen LogP contribution in [0.15, 0.2) is 42.5 Å². The first kappa shape index (κ1) is 13.4. The first-order chi connectivity index (χ1) is 9.63. The van der Waals surface area contributed by atoms with Crippen molar-refractivity contribution in [3.63, 3.8) is 0 Å². The van der Waals surface area contributed by atoms with Crippen molar-refractivity contribution in [3.05, 3.63) is 64.7 Å². The molecule has 2 aromatic carbocycles. The van der Waals surface area contributed by atoms with Crippen molar-refractivity contribution in [3.8, 4) is 0 Å². The number of benzene rings is 2. The third kappa shape index (κ3) is 2.63. The van der Waals surface area contributed by atoms with Crippen molar-refractivity contribution in [2.75, 3.05) is 5.32 Å². The molecule has 3 rings (SSSR count). The maximum atomic E-state index is 13.5. The minimum atomic E-state index is -0.545. The molecular formula is C16H14ClF2N. The second kappa shape index (κ2) is 5.41. The van der Waals surface area contributed by atoms with Crippen molar-refractivity contribution in [1.82, 2.24) is 0 Å². The third-order valence-electron chi connectivity index (χ3n) is 3.77. The SMILES string of the molecule is Fc1cccc(F)c1NC1CC(c2cccc(Cl)c2)C1. The number of hydrogen-bond acceptors (Lipinski definition) is 1. The van der Waals surface area contributed by atoms with E-state index in [1.807, 2.05) is 24.3 Å². The lowest BCUT2D eigenvalue weighted by atomic mass is 9.76. The van der Waals surface area contributed by atoms with Crippen LogP contribution in [-0.2, 0) is 0 Å². The van der Waals surface area contributed by atoms with Gasteiger partial charge in [-0.05, 0) is 48.6 Å². The average Bonchev–Trinajstić information content (AvgIpc) is 2.36. The van der Waals surface area contributed by atoms with Crippen LogP contribution in [0.2, 0.25) is 5.02 Å². The van der Waals surface area contributed by atoms with Crippen molar-refractivity contribution in [1.29, 1.82) is 0 Å². The van der Waals surface area contributed by atoms with Gasteiger partial charge in [0, 0.05) is 11.1 Å². The zero-order valence-electron chi connectivity index (χ0n) is 10.7. The van der Waals surface area contributed by atoms with Crippen LogP contribution in [0.1, 0.15) is 24.3 Å². The van der Waals surface area contributed by atoms with Gasteiger partial charge in [-0.25, -0.2) is 8.78 Å². The fourth-order valence-corrected chi connectivity index (χ4v) is 2.81. The fraction of sp³-hybridized carbons (Fsp3) is 0.250. The largest absolute Gasteiger partial charge is 0.378 e. The molecule has 0 unspecified atom stereocenters. The van der Waals surface area contributed by atoms with E-state index in [4.69, 9.17) is 11.6 Å². The third-order valence-corrected chi connectivity index (χ3v) is 4.00. The van der Waals surface area contributed by atoms with Gasteiger partial charge in [-0.15, -0.1) is 0 Å². The van der Waals surface area contributed by atoms with Gasteiger partial charge in [-0.3, -0.25) is 0 Å². The summed E-state index contributed by atoms with van der Waals surface area (Å²) >= 11 is 5.96. The molecule has 0 amide bonds. The smallest absolute Gasteiger partial charge is 0.149 e. The molecule has 0 heterocycles. The van der Waals surface area contributed by atoms with Gasteiger partial charge in [-0.2, -0.15) is 0 Å². The monoisotopic (exact) mass is 293 g/mol. The first-order valence-corrected chi connectivity index (χ1v) is 6.97. The molecule has 4 heteroatoms. The van der Waals surface area contributed by atoms with E-state index in [1.54, 1.807) is 0 Å². The Morgan fingerprint density at radius 1 is 1.00 bits per heavy atom. The summed E-state index contributed by atoms with van der Waals surface area (Å²) in [6.45, 7) is 0. The zero-order valence-corrected chi connectivity index (χ0v) is 11.5. The van der Waals surface area contributed by atoms with Gasteiger partial charge < -0.3 is 5.32 Å². The van der Waals surface area contributed by atoms with Crippen LogP contribution < -0.4 is 5.32 Å². The van der Waals surface area contributed by atoms with E-state index in [9.17, 15) is 8.78 Å². The number of hydrogen-bond donors (Lipinski definition) is 1. The Morgan fingerprint density at radius 3 is 2.30 bits per heavy atom. The van der Waals surface area contributed by atoms with Crippen LogP contribution in [0, 0.1) is 11.6 Å². The Balaban J connectivity index is 1.64. The summed E-state index contributed by atoms with van der Waals surface area (Å²) in [5.74, 6) is -0.687. The molecule has 1 nitrogen and oxygen atoms in total. The van der Waals surface area contributed by atoms with Gasteiger partial charge in [0.05, 0.1) is 0 Å². The summed E-state index contributed by atoms with van der Waals surface area (Å²) in [6.07, 6.45) is 1.71. The molecule has 0 bridgehead atoms. The highest BCUT2D eigenvalue weighted by Gasteiger charge is 2.31. The average molecular weight is 294 g/mol. The summed E-state index contributed by atoms with van der Waals surface area (Å²) in [6, 6.07) is 11.7. The van der Waals surface area contributed by atoms with Gasteiger partial charge >= 0.3 is 0 Å². The molecule has 1 N–H and O–H groups in total. The molecule has 2 aromatic rings. The first-order valence-electron chi connectivity index (χ1n) is 6.59. The van der Waals surface area contributed by atoms with E-state index in [2.05, 4.69) is 5.32 Å². The summed E-state index contributed by atoms with van der Waals surface area (Å²) in [4.78, 5) is 0. The van der Waals surface area contributed by atoms with Gasteiger partial charge in [0.1, 0.15) is 17.3 Å². The molecule has 0 atom stereocenters. The van der Waals surface area contributed by atoms with Crippen LogP contribution in [-0.4, -0.2) is 6.04 Å². The molecule has 1 saturated carbocycles. The lowest BCUT2D eigenvalue weighted by Gasteiger charge is -2.37. The second-order valence-electron chi connectivity index (χ2n) is 5.16. The highest BCUT2D eigenvalue weighted by Crippen LogP contribution is 2.39. The Morgan fingerprint density at radius 2 is 1.65 bits per heavy atom. The lowest BCUT2D eigenvalue weighted by molar-refractivity contribution is 0.371. The minimum absolute atomic E-state index is 0.0259. The van der Waals surface area contributed by atoms with E-state index < -0.39 is 11.6 Å². The Labute approximate surface area is 121 Å². The number of para-hydroxylation sites is 1. The zero-order chi connectivity index (χ0) is 14.1. The van der Waals surface area contributed by atoms with Crippen LogP contribution in [0.4, 0.5) is 14.5 Å². The Kier molecular flexibility index (Phi) is 3.62. The van der Waals surface area contributed by atoms with Crippen molar-refractivity contribution in [2.45, 2.75) is 24.8 Å². The van der Waals surface area contributed by atoms with Gasteiger partial charge in [0.25, 0.3) is 0 Å². The highest BCUT2D eigenvalue weighted by atomic mass is 35.5. The molecule has 0 spiro atoms. The van der Waals surface area contributed by atoms with Crippen molar-refractivity contribution >= 4 is 17.3 Å². The topological polar surface area (TPSA) is 12.0 Å². The summed E-state index contributed by atoms with van der Waals surface area (Å²) in [5.41, 5.74) is 1.16.